The molecule has 1 aromatic heterocycles. The molecule has 0 atom stereocenters. The number of amidine groups is 1. The molecule has 0 aliphatic carbocycles. The first kappa shape index (κ1) is 20.8. The third-order valence-corrected chi connectivity index (χ3v) is 7.57. The summed E-state index contributed by atoms with van der Waals surface area (Å²) in [6.07, 6.45) is 4.61. The van der Waals surface area contributed by atoms with Crippen LogP contribution in [0, 0.1) is 16.7 Å². The van der Waals surface area contributed by atoms with Gasteiger partial charge in [-0.2, -0.15) is 10.4 Å². The summed E-state index contributed by atoms with van der Waals surface area (Å²) < 4.78 is 2.15. The molecule has 0 unspecified atom stereocenters. The molecule has 0 amide bonds. The van der Waals surface area contributed by atoms with E-state index in [0.29, 0.717) is 23.4 Å². The molecule has 6 rings (SSSR count). The SMILES string of the molecule is N#Cc1ccc(-c2cc3n(c2)Cc2cc(N4CC5(CCNCC5)C4)ccc2N(N)/C3=N\N)cc1. The van der Waals surface area contributed by atoms with E-state index in [1.807, 2.05) is 24.3 Å². The van der Waals surface area contributed by atoms with Gasteiger partial charge in [-0.05, 0) is 73.5 Å². The van der Waals surface area contributed by atoms with Gasteiger partial charge in [0.05, 0.1) is 23.0 Å². The second-order valence-electron chi connectivity index (χ2n) is 9.67. The molecule has 8 nitrogen and oxygen atoms in total. The van der Waals surface area contributed by atoms with Crippen molar-refractivity contribution in [1.82, 2.24) is 9.88 Å². The van der Waals surface area contributed by atoms with Crippen molar-refractivity contribution in [2.75, 3.05) is 36.1 Å². The molecular weight excluding hydrogens is 424 g/mol. The number of piperidine rings is 1. The summed E-state index contributed by atoms with van der Waals surface area (Å²) in [7, 11) is 0. The number of hydrogen-bond donors (Lipinski definition) is 3. The highest BCUT2D eigenvalue weighted by atomic mass is 15.5. The Bertz CT molecular complexity index is 1300. The molecule has 2 saturated heterocycles. The Morgan fingerprint density at radius 1 is 1.00 bits per heavy atom. The summed E-state index contributed by atoms with van der Waals surface area (Å²) in [6.45, 7) is 5.16. The number of nitrogens with zero attached hydrogens (tertiary/aromatic N) is 5. The van der Waals surface area contributed by atoms with Crippen LogP contribution in [0.5, 0.6) is 0 Å². The summed E-state index contributed by atoms with van der Waals surface area (Å²) in [4.78, 5) is 2.48. The largest absolute Gasteiger partial charge is 0.370 e. The van der Waals surface area contributed by atoms with Crippen LogP contribution in [-0.2, 0) is 6.54 Å². The Labute approximate surface area is 199 Å². The van der Waals surface area contributed by atoms with Crippen LogP contribution in [0.1, 0.15) is 29.7 Å². The lowest BCUT2D eigenvalue weighted by Crippen LogP contribution is -2.60. The zero-order chi connectivity index (χ0) is 23.3. The number of hydrogen-bond acceptors (Lipinski definition) is 6. The fourth-order valence-electron chi connectivity index (χ4n) is 5.62. The van der Waals surface area contributed by atoms with Crippen molar-refractivity contribution in [3.63, 3.8) is 0 Å². The summed E-state index contributed by atoms with van der Waals surface area (Å²) >= 11 is 0. The van der Waals surface area contributed by atoms with Crippen LogP contribution in [0.15, 0.2) is 59.8 Å². The van der Waals surface area contributed by atoms with Gasteiger partial charge in [0, 0.05) is 42.5 Å². The number of nitrogens with two attached hydrogens (primary N) is 2. The van der Waals surface area contributed by atoms with E-state index in [1.165, 1.54) is 18.5 Å². The smallest absolute Gasteiger partial charge is 0.190 e. The predicted octanol–water partition coefficient (Wildman–Crippen LogP) is 2.58. The summed E-state index contributed by atoms with van der Waals surface area (Å²) in [6, 6.07) is 18.3. The number of nitriles is 1. The van der Waals surface area contributed by atoms with Crippen LogP contribution in [0.2, 0.25) is 0 Å². The number of aromatic nitrogens is 1. The average molecular weight is 453 g/mol. The van der Waals surface area contributed by atoms with E-state index in [4.69, 9.17) is 16.9 Å². The average Bonchev–Trinajstić information content (AvgIpc) is 3.22. The molecule has 8 heteroatoms. The minimum Gasteiger partial charge on any atom is -0.370 e. The quantitative estimate of drug-likeness (QED) is 0.407. The summed E-state index contributed by atoms with van der Waals surface area (Å²) in [5.41, 5.74) is 7.32. The molecule has 1 spiro atoms. The molecule has 2 fully saturated rings. The molecule has 3 aliphatic heterocycles. The number of hydrazine groups is 1. The van der Waals surface area contributed by atoms with E-state index in [-0.39, 0.29) is 0 Å². The number of anilines is 2. The molecule has 0 radical (unpaired) electrons. The topological polar surface area (TPSA) is 112 Å². The first-order valence-corrected chi connectivity index (χ1v) is 11.7. The molecular formula is C26H28N8. The Kier molecular flexibility index (Phi) is 4.83. The number of fused-ring (bicyclic) bond motifs is 2. The number of nitrogens with one attached hydrogen (secondary N) is 1. The fourth-order valence-corrected chi connectivity index (χ4v) is 5.62. The number of rotatable bonds is 2. The Morgan fingerprint density at radius 3 is 2.47 bits per heavy atom. The van der Waals surface area contributed by atoms with Crippen molar-refractivity contribution in [2.45, 2.75) is 19.4 Å². The molecule has 172 valence electrons. The van der Waals surface area contributed by atoms with E-state index >= 15 is 0 Å². The highest BCUT2D eigenvalue weighted by Gasteiger charge is 2.43. The van der Waals surface area contributed by atoms with E-state index in [2.05, 4.69) is 56.4 Å². The van der Waals surface area contributed by atoms with Gasteiger partial charge >= 0.3 is 0 Å². The van der Waals surface area contributed by atoms with Gasteiger partial charge in [0.2, 0.25) is 0 Å². The van der Waals surface area contributed by atoms with Crippen molar-refractivity contribution in [3.05, 3.63) is 71.5 Å². The van der Waals surface area contributed by atoms with E-state index in [0.717, 1.165) is 54.3 Å². The van der Waals surface area contributed by atoms with Gasteiger partial charge in [-0.25, -0.2) is 5.84 Å². The second kappa shape index (κ2) is 7.90. The zero-order valence-electron chi connectivity index (χ0n) is 19.0. The Balaban J connectivity index is 1.33. The Hall–Kier alpha value is -3.80. The lowest BCUT2D eigenvalue weighted by Gasteiger charge is -2.53. The van der Waals surface area contributed by atoms with Gasteiger partial charge in [-0.1, -0.05) is 12.1 Å². The normalized spacial score (nSPS) is 19.8. The maximum absolute atomic E-state index is 9.10. The number of benzene rings is 2. The summed E-state index contributed by atoms with van der Waals surface area (Å²) in [5, 5.41) is 18.2. The van der Waals surface area contributed by atoms with Gasteiger partial charge < -0.3 is 20.6 Å². The lowest BCUT2D eigenvalue weighted by molar-refractivity contribution is 0.150. The predicted molar refractivity (Wildman–Crippen MR) is 134 cm³/mol. The maximum Gasteiger partial charge on any atom is 0.190 e. The van der Waals surface area contributed by atoms with Crippen LogP contribution in [0.25, 0.3) is 11.1 Å². The third-order valence-electron chi connectivity index (χ3n) is 7.57. The van der Waals surface area contributed by atoms with Gasteiger partial charge in [-0.15, -0.1) is 0 Å². The van der Waals surface area contributed by atoms with Crippen LogP contribution >= 0.6 is 0 Å². The zero-order valence-corrected chi connectivity index (χ0v) is 19.0. The molecule has 0 saturated carbocycles. The van der Waals surface area contributed by atoms with Crippen LogP contribution < -0.4 is 26.9 Å². The lowest BCUT2D eigenvalue weighted by atomic mass is 9.72. The standard InChI is InChI=1S/C26H28N8/c27-13-18-1-3-19(4-2-18)20-12-24-25(31-28)34(29)23-6-5-22(11-21(23)15-32(24)14-20)33-16-26(17-33)7-9-30-10-8-26/h1-6,11-12,14,30H,7-10,15-17,28-29H2/b31-25-. The minimum atomic E-state index is 0.473. The number of hydrazone groups is 1. The fraction of sp³-hybridized carbons (Fsp3) is 0.308. The molecule has 5 N–H and O–H groups in total. The Morgan fingerprint density at radius 2 is 1.76 bits per heavy atom. The highest BCUT2D eigenvalue weighted by molar-refractivity contribution is 6.09. The second-order valence-corrected chi connectivity index (χ2v) is 9.67. The van der Waals surface area contributed by atoms with Crippen LogP contribution in [0.3, 0.4) is 0 Å². The van der Waals surface area contributed by atoms with Gasteiger partial charge in [0.1, 0.15) is 0 Å². The molecule has 4 heterocycles. The summed E-state index contributed by atoms with van der Waals surface area (Å²) in [5.74, 6) is 12.9. The minimum absolute atomic E-state index is 0.473. The van der Waals surface area contributed by atoms with Crippen molar-refractivity contribution in [1.29, 1.82) is 5.26 Å². The third kappa shape index (κ3) is 3.33. The molecule has 3 aromatic rings. The first-order chi connectivity index (χ1) is 16.6. The first-order valence-electron chi connectivity index (χ1n) is 11.7. The van der Waals surface area contributed by atoms with Gasteiger partial charge in [0.25, 0.3) is 0 Å². The van der Waals surface area contributed by atoms with Crippen molar-refractivity contribution in [3.8, 4) is 17.2 Å². The van der Waals surface area contributed by atoms with E-state index in [9.17, 15) is 0 Å². The van der Waals surface area contributed by atoms with E-state index < -0.39 is 0 Å². The van der Waals surface area contributed by atoms with Gasteiger partial charge in [-0.3, -0.25) is 5.01 Å². The van der Waals surface area contributed by atoms with Crippen LogP contribution in [-0.4, -0.2) is 36.6 Å². The van der Waals surface area contributed by atoms with Crippen LogP contribution in [0.4, 0.5) is 11.4 Å². The van der Waals surface area contributed by atoms with Crippen molar-refractivity contribution in [2.24, 2.45) is 22.2 Å². The molecule has 0 bridgehead atoms. The highest BCUT2D eigenvalue weighted by Crippen LogP contribution is 2.42. The van der Waals surface area contributed by atoms with E-state index in [1.54, 1.807) is 5.01 Å². The van der Waals surface area contributed by atoms with Gasteiger partial charge in [0.15, 0.2) is 5.84 Å². The molecule has 34 heavy (non-hydrogen) atoms. The van der Waals surface area contributed by atoms with Crippen molar-refractivity contribution >= 4 is 17.2 Å². The maximum atomic E-state index is 9.10. The van der Waals surface area contributed by atoms with Crippen molar-refractivity contribution < 1.29 is 0 Å². The molecule has 2 aromatic carbocycles. The monoisotopic (exact) mass is 452 g/mol. The molecule has 3 aliphatic rings.